The van der Waals surface area contributed by atoms with E-state index in [9.17, 15) is 4.79 Å². The van der Waals surface area contributed by atoms with Crippen molar-refractivity contribution in [3.05, 3.63) is 12.2 Å². The molecule has 0 N–H and O–H groups in total. The van der Waals surface area contributed by atoms with Crippen molar-refractivity contribution in [3.63, 3.8) is 0 Å². The van der Waals surface area contributed by atoms with E-state index in [-0.39, 0.29) is 24.1 Å². The van der Waals surface area contributed by atoms with Gasteiger partial charge in [0.15, 0.2) is 0 Å². The van der Waals surface area contributed by atoms with E-state index in [1.807, 2.05) is 19.1 Å². The Morgan fingerprint density at radius 1 is 1.67 bits per heavy atom. The molecule has 0 spiro atoms. The number of ether oxygens (including phenoxy) is 2. The molecule has 3 heteroatoms. The highest BCUT2D eigenvalue weighted by molar-refractivity contribution is 5.74. The Balaban J connectivity index is 1.98. The summed E-state index contributed by atoms with van der Waals surface area (Å²) in [6.45, 7) is 2.28. The van der Waals surface area contributed by atoms with Crippen LogP contribution in [-0.2, 0) is 14.3 Å². The van der Waals surface area contributed by atoms with Gasteiger partial charge in [0.05, 0.1) is 24.7 Å². The lowest BCUT2D eigenvalue weighted by molar-refractivity contribution is -0.148. The molecule has 2 aliphatic heterocycles. The summed E-state index contributed by atoms with van der Waals surface area (Å²) < 4.78 is 10.4. The average Bonchev–Trinajstić information content (AvgIpc) is 2.64. The molecule has 66 valence electrons. The summed E-state index contributed by atoms with van der Waals surface area (Å²) in [5.74, 6) is -0.172. The normalized spacial score (nSPS) is 37.2. The first-order chi connectivity index (χ1) is 5.81. The fraction of sp³-hybridized carbons (Fsp3) is 0.667. The zero-order valence-electron chi connectivity index (χ0n) is 7.03. The fourth-order valence-corrected chi connectivity index (χ4v) is 1.75. The highest BCUT2D eigenvalue weighted by atomic mass is 16.5. The molecule has 0 aliphatic carbocycles. The average molecular weight is 168 g/mol. The van der Waals surface area contributed by atoms with E-state index in [2.05, 4.69) is 0 Å². The number of rotatable bonds is 2. The smallest absolute Gasteiger partial charge is 0.312 e. The maximum Gasteiger partial charge on any atom is 0.312 e. The van der Waals surface area contributed by atoms with Crippen molar-refractivity contribution in [3.8, 4) is 0 Å². The molecule has 0 saturated carbocycles. The minimum absolute atomic E-state index is 0.0194. The largest absolute Gasteiger partial charge is 0.466 e. The van der Waals surface area contributed by atoms with Crippen molar-refractivity contribution < 1.29 is 14.3 Å². The number of carbonyl (C=O) groups excluding carboxylic acids is 1. The van der Waals surface area contributed by atoms with Crippen molar-refractivity contribution in [2.24, 2.45) is 5.92 Å². The molecule has 0 radical (unpaired) electrons. The Kier molecular flexibility index (Phi) is 1.89. The molecule has 1 saturated heterocycles. The molecular weight excluding hydrogens is 156 g/mol. The van der Waals surface area contributed by atoms with Crippen LogP contribution in [-0.4, -0.2) is 24.8 Å². The number of hydrogen-bond acceptors (Lipinski definition) is 3. The highest BCUT2D eigenvalue weighted by Gasteiger charge is 2.41. The van der Waals surface area contributed by atoms with Crippen molar-refractivity contribution in [2.45, 2.75) is 25.6 Å². The second-order valence-electron chi connectivity index (χ2n) is 3.12. The summed E-state index contributed by atoms with van der Waals surface area (Å²) in [7, 11) is 0. The molecule has 2 rings (SSSR count). The first-order valence-electron chi connectivity index (χ1n) is 4.31. The molecule has 0 aromatic carbocycles. The summed E-state index contributed by atoms with van der Waals surface area (Å²) in [5, 5.41) is 0. The van der Waals surface area contributed by atoms with Crippen molar-refractivity contribution in [1.82, 2.24) is 0 Å². The summed E-state index contributed by atoms with van der Waals surface area (Å²) in [4.78, 5) is 11.3. The second-order valence-corrected chi connectivity index (χ2v) is 3.12. The number of fused-ring (bicyclic) bond motifs is 2. The van der Waals surface area contributed by atoms with Crippen LogP contribution in [0.5, 0.6) is 0 Å². The first-order valence-corrected chi connectivity index (χ1v) is 4.31. The lowest BCUT2D eigenvalue weighted by atomic mass is 9.95. The van der Waals surface area contributed by atoms with Gasteiger partial charge >= 0.3 is 5.97 Å². The third kappa shape index (κ3) is 1.14. The monoisotopic (exact) mass is 168 g/mol. The summed E-state index contributed by atoms with van der Waals surface area (Å²) in [6.07, 6.45) is 4.90. The third-order valence-corrected chi connectivity index (χ3v) is 2.32. The molecule has 1 fully saturated rings. The molecule has 3 unspecified atom stereocenters. The Morgan fingerprint density at radius 2 is 2.50 bits per heavy atom. The van der Waals surface area contributed by atoms with E-state index in [0.29, 0.717) is 6.61 Å². The van der Waals surface area contributed by atoms with Crippen LogP contribution in [0.4, 0.5) is 0 Å². The van der Waals surface area contributed by atoms with Gasteiger partial charge < -0.3 is 9.47 Å². The second kappa shape index (κ2) is 2.90. The van der Waals surface area contributed by atoms with Crippen molar-refractivity contribution >= 4 is 5.97 Å². The molecule has 3 atom stereocenters. The standard InChI is InChI=1S/C9H12O3/c1-2-11-9(10)7-5-6-3-4-8(7)12-6/h3-4,6-8H,2,5H2,1H3. The molecule has 3 nitrogen and oxygen atoms in total. The van der Waals surface area contributed by atoms with Gasteiger partial charge in [0, 0.05) is 0 Å². The molecule has 12 heavy (non-hydrogen) atoms. The summed E-state index contributed by atoms with van der Waals surface area (Å²) >= 11 is 0. The third-order valence-electron chi connectivity index (χ3n) is 2.32. The minimum Gasteiger partial charge on any atom is -0.466 e. The zero-order valence-corrected chi connectivity index (χ0v) is 7.03. The van der Waals surface area contributed by atoms with Gasteiger partial charge in [-0.1, -0.05) is 12.2 Å². The first kappa shape index (κ1) is 7.80. The van der Waals surface area contributed by atoms with Crippen LogP contribution in [0.3, 0.4) is 0 Å². The SMILES string of the molecule is CCOC(=O)C1CC2C=CC1O2. The molecule has 0 aromatic rings. The van der Waals surface area contributed by atoms with Gasteiger partial charge in [0.2, 0.25) is 0 Å². The number of esters is 1. The fourth-order valence-electron chi connectivity index (χ4n) is 1.75. The zero-order chi connectivity index (χ0) is 8.55. The van der Waals surface area contributed by atoms with Crippen LogP contribution in [0.1, 0.15) is 13.3 Å². The minimum atomic E-state index is -0.116. The maximum atomic E-state index is 11.3. The highest BCUT2D eigenvalue weighted by Crippen LogP contribution is 2.34. The lowest BCUT2D eigenvalue weighted by Gasteiger charge is -2.12. The van der Waals surface area contributed by atoms with Crippen LogP contribution < -0.4 is 0 Å². The topological polar surface area (TPSA) is 35.5 Å². The predicted octanol–water partition coefficient (Wildman–Crippen LogP) is 0.893. The van der Waals surface area contributed by atoms with Crippen LogP contribution in [0, 0.1) is 5.92 Å². The molecule has 0 aromatic heterocycles. The Hall–Kier alpha value is -0.830. The summed E-state index contributed by atoms with van der Waals surface area (Å²) in [5.41, 5.74) is 0. The lowest BCUT2D eigenvalue weighted by Crippen LogP contribution is -2.25. The van der Waals surface area contributed by atoms with Gasteiger partial charge in [-0.15, -0.1) is 0 Å². The quantitative estimate of drug-likeness (QED) is 0.454. The van der Waals surface area contributed by atoms with Gasteiger partial charge in [-0.05, 0) is 13.3 Å². The Labute approximate surface area is 71.3 Å². The van der Waals surface area contributed by atoms with E-state index >= 15 is 0 Å². The number of carbonyl (C=O) groups is 1. The Morgan fingerprint density at radius 3 is 3.00 bits per heavy atom. The van der Waals surface area contributed by atoms with Crippen molar-refractivity contribution in [1.29, 1.82) is 0 Å². The van der Waals surface area contributed by atoms with Crippen LogP contribution in [0.15, 0.2) is 12.2 Å². The molecule has 0 amide bonds. The predicted molar refractivity (Wildman–Crippen MR) is 42.5 cm³/mol. The van der Waals surface area contributed by atoms with Crippen LogP contribution in [0.2, 0.25) is 0 Å². The van der Waals surface area contributed by atoms with Gasteiger partial charge in [0.1, 0.15) is 0 Å². The maximum absolute atomic E-state index is 11.3. The van der Waals surface area contributed by atoms with Gasteiger partial charge in [-0.3, -0.25) is 4.79 Å². The van der Waals surface area contributed by atoms with Crippen LogP contribution in [0.25, 0.3) is 0 Å². The van der Waals surface area contributed by atoms with E-state index in [4.69, 9.17) is 9.47 Å². The van der Waals surface area contributed by atoms with Crippen molar-refractivity contribution in [2.75, 3.05) is 6.61 Å². The number of hydrogen-bond donors (Lipinski definition) is 0. The molecular formula is C9H12O3. The van der Waals surface area contributed by atoms with E-state index < -0.39 is 0 Å². The Bertz CT molecular complexity index is 222. The van der Waals surface area contributed by atoms with Gasteiger partial charge in [-0.2, -0.15) is 0 Å². The molecule has 2 aliphatic rings. The van der Waals surface area contributed by atoms with E-state index in [0.717, 1.165) is 6.42 Å². The molecule has 2 heterocycles. The summed E-state index contributed by atoms with van der Waals surface area (Å²) in [6, 6.07) is 0. The van der Waals surface area contributed by atoms with Crippen LogP contribution >= 0.6 is 0 Å². The molecule has 2 bridgehead atoms. The van der Waals surface area contributed by atoms with E-state index in [1.54, 1.807) is 0 Å². The van der Waals surface area contributed by atoms with Gasteiger partial charge in [-0.25, -0.2) is 0 Å². The van der Waals surface area contributed by atoms with E-state index in [1.165, 1.54) is 0 Å². The van der Waals surface area contributed by atoms with Gasteiger partial charge in [0.25, 0.3) is 0 Å².